The first kappa shape index (κ1) is 14.2. The molecule has 0 aliphatic carbocycles. The average molecular weight is 232 g/mol. The summed E-state index contributed by atoms with van der Waals surface area (Å²) in [5, 5.41) is 9.11. The van der Waals surface area contributed by atoms with E-state index in [4.69, 9.17) is 9.84 Å². The van der Waals surface area contributed by atoms with Crippen LogP contribution in [0, 0.1) is 5.41 Å². The van der Waals surface area contributed by atoms with Crippen LogP contribution >= 0.6 is 0 Å². The molecular formula is C10H20O4Si. The lowest BCUT2D eigenvalue weighted by molar-refractivity contribution is -0.165. The van der Waals surface area contributed by atoms with E-state index >= 15 is 0 Å². The van der Waals surface area contributed by atoms with E-state index in [9.17, 15) is 9.59 Å². The maximum absolute atomic E-state index is 11.6. The van der Waals surface area contributed by atoms with Gasteiger partial charge in [0.25, 0.3) is 0 Å². The maximum Gasteiger partial charge on any atom is 0.322 e. The Bertz CT molecular complexity index is 257. The lowest BCUT2D eigenvalue weighted by Crippen LogP contribution is -2.43. The topological polar surface area (TPSA) is 63.6 Å². The molecule has 0 aromatic carbocycles. The third-order valence-electron chi connectivity index (χ3n) is 2.08. The summed E-state index contributed by atoms with van der Waals surface area (Å²) in [4.78, 5) is 22.7. The molecule has 0 saturated carbocycles. The fourth-order valence-electron chi connectivity index (χ4n) is 1.59. The van der Waals surface area contributed by atoms with Gasteiger partial charge in [0.1, 0.15) is 0 Å². The highest BCUT2D eigenvalue weighted by atomic mass is 28.3. The van der Waals surface area contributed by atoms with Crippen LogP contribution in [0.3, 0.4) is 0 Å². The normalized spacial score (nSPS) is 15.5. The fourth-order valence-corrected chi connectivity index (χ4v) is 4.00. The Hall–Kier alpha value is -0.843. The van der Waals surface area contributed by atoms with Gasteiger partial charge in [0.15, 0.2) is 5.41 Å². The van der Waals surface area contributed by atoms with E-state index in [0.717, 1.165) is 0 Å². The third-order valence-corrected chi connectivity index (χ3v) is 3.85. The first-order valence-corrected chi connectivity index (χ1v) is 8.75. The van der Waals surface area contributed by atoms with Gasteiger partial charge in [0, 0.05) is 8.07 Å². The molecule has 0 aliphatic rings. The molecule has 0 aromatic heterocycles. The van der Waals surface area contributed by atoms with Crippen LogP contribution in [0.15, 0.2) is 0 Å². The first-order valence-electron chi connectivity index (χ1n) is 5.04. The summed E-state index contributed by atoms with van der Waals surface area (Å²) in [5.41, 5.74) is -1.39. The molecule has 0 rings (SSSR count). The Balaban J connectivity index is 4.91. The number of carboxylic acid groups (broad SMARTS) is 1. The van der Waals surface area contributed by atoms with Crippen molar-refractivity contribution in [2.75, 3.05) is 6.61 Å². The van der Waals surface area contributed by atoms with Crippen molar-refractivity contribution in [3.05, 3.63) is 0 Å². The molecule has 1 atom stereocenters. The quantitative estimate of drug-likeness (QED) is 0.447. The van der Waals surface area contributed by atoms with Crippen LogP contribution in [-0.2, 0) is 14.3 Å². The first-order chi connectivity index (χ1) is 6.63. The molecule has 0 aliphatic heterocycles. The molecule has 5 heteroatoms. The minimum Gasteiger partial charge on any atom is -0.480 e. The zero-order valence-electron chi connectivity index (χ0n) is 10.1. The molecule has 0 aromatic rings. The maximum atomic E-state index is 11.6. The molecule has 0 amide bonds. The standard InChI is InChI=1S/C10H20O4Si/c1-6-14-9(13)10(2,8(11)12)7-15(3,4)5/h6-7H2,1-5H3,(H,11,12). The number of carbonyl (C=O) groups excluding carboxylic acids is 1. The molecule has 0 saturated heterocycles. The second-order valence-electron chi connectivity index (χ2n) is 5.10. The lowest BCUT2D eigenvalue weighted by Gasteiger charge is -2.28. The van der Waals surface area contributed by atoms with E-state index in [1.54, 1.807) is 6.92 Å². The predicted octanol–water partition coefficient (Wildman–Crippen LogP) is 1.98. The summed E-state index contributed by atoms with van der Waals surface area (Å²) in [6.07, 6.45) is 0. The number of hydrogen-bond donors (Lipinski definition) is 1. The summed E-state index contributed by atoms with van der Waals surface area (Å²) in [7, 11) is -1.63. The van der Waals surface area contributed by atoms with E-state index in [0.29, 0.717) is 6.04 Å². The van der Waals surface area contributed by atoms with Crippen LogP contribution < -0.4 is 0 Å². The van der Waals surface area contributed by atoms with E-state index < -0.39 is 25.4 Å². The van der Waals surface area contributed by atoms with Gasteiger partial charge < -0.3 is 9.84 Å². The van der Waals surface area contributed by atoms with Crippen molar-refractivity contribution >= 4 is 20.0 Å². The van der Waals surface area contributed by atoms with E-state index in [2.05, 4.69) is 0 Å². The van der Waals surface area contributed by atoms with Crippen molar-refractivity contribution in [3.8, 4) is 0 Å². The number of esters is 1. The Morgan fingerprint density at radius 2 is 1.80 bits per heavy atom. The zero-order chi connectivity index (χ0) is 12.3. The van der Waals surface area contributed by atoms with Crippen LogP contribution in [0.4, 0.5) is 0 Å². The smallest absolute Gasteiger partial charge is 0.322 e. The molecule has 0 radical (unpaired) electrons. The molecule has 1 unspecified atom stereocenters. The van der Waals surface area contributed by atoms with E-state index in [1.807, 2.05) is 19.6 Å². The molecule has 0 fully saturated rings. The Morgan fingerprint density at radius 1 is 1.33 bits per heavy atom. The number of carboxylic acids is 1. The minimum absolute atomic E-state index is 0.216. The number of ether oxygens (including phenoxy) is 1. The fraction of sp³-hybridized carbons (Fsp3) is 0.800. The van der Waals surface area contributed by atoms with Crippen LogP contribution in [0.2, 0.25) is 25.7 Å². The van der Waals surface area contributed by atoms with Crippen molar-refractivity contribution in [2.24, 2.45) is 5.41 Å². The van der Waals surface area contributed by atoms with Gasteiger partial charge in [0.2, 0.25) is 0 Å². The second-order valence-corrected chi connectivity index (χ2v) is 10.6. The second kappa shape index (κ2) is 4.79. The van der Waals surface area contributed by atoms with Gasteiger partial charge in [-0.2, -0.15) is 0 Å². The lowest BCUT2D eigenvalue weighted by atomic mass is 9.94. The number of carbonyl (C=O) groups is 2. The van der Waals surface area contributed by atoms with Gasteiger partial charge in [-0.3, -0.25) is 9.59 Å². The number of rotatable bonds is 5. The Kier molecular flexibility index (Phi) is 4.52. The SMILES string of the molecule is CCOC(=O)C(C)(C[Si](C)(C)C)C(=O)O. The molecule has 88 valence electrons. The molecule has 0 spiro atoms. The summed E-state index contributed by atoms with van der Waals surface area (Å²) >= 11 is 0. The zero-order valence-corrected chi connectivity index (χ0v) is 11.1. The average Bonchev–Trinajstić information content (AvgIpc) is 2.01. The van der Waals surface area contributed by atoms with Gasteiger partial charge >= 0.3 is 11.9 Å². The highest BCUT2D eigenvalue weighted by Gasteiger charge is 2.45. The monoisotopic (exact) mass is 232 g/mol. The summed E-state index contributed by atoms with van der Waals surface area (Å²) in [6.45, 7) is 9.45. The Morgan fingerprint density at radius 3 is 2.07 bits per heavy atom. The molecule has 1 N–H and O–H groups in total. The molecule has 15 heavy (non-hydrogen) atoms. The highest BCUT2D eigenvalue weighted by molar-refractivity contribution is 6.76. The molecule has 4 nitrogen and oxygen atoms in total. The van der Waals surface area contributed by atoms with Crippen molar-refractivity contribution in [1.82, 2.24) is 0 Å². The van der Waals surface area contributed by atoms with Crippen molar-refractivity contribution in [3.63, 3.8) is 0 Å². The number of aliphatic carboxylic acids is 1. The van der Waals surface area contributed by atoms with Gasteiger partial charge in [0.05, 0.1) is 6.61 Å². The van der Waals surface area contributed by atoms with Crippen LogP contribution in [0.1, 0.15) is 13.8 Å². The van der Waals surface area contributed by atoms with Crippen molar-refractivity contribution < 1.29 is 19.4 Å². The predicted molar refractivity (Wildman–Crippen MR) is 60.5 cm³/mol. The van der Waals surface area contributed by atoms with Crippen LogP contribution in [0.5, 0.6) is 0 Å². The third kappa shape index (κ3) is 4.03. The van der Waals surface area contributed by atoms with Crippen molar-refractivity contribution in [1.29, 1.82) is 0 Å². The van der Waals surface area contributed by atoms with Gasteiger partial charge in [-0.15, -0.1) is 0 Å². The van der Waals surface area contributed by atoms with Crippen molar-refractivity contribution in [2.45, 2.75) is 39.5 Å². The minimum atomic E-state index is -1.63. The highest BCUT2D eigenvalue weighted by Crippen LogP contribution is 2.30. The van der Waals surface area contributed by atoms with Gasteiger partial charge in [-0.25, -0.2) is 0 Å². The van der Waals surface area contributed by atoms with E-state index in [-0.39, 0.29) is 6.61 Å². The molecule has 0 heterocycles. The van der Waals surface area contributed by atoms with E-state index in [1.165, 1.54) is 6.92 Å². The summed E-state index contributed by atoms with van der Waals surface area (Å²) < 4.78 is 4.82. The molecular weight excluding hydrogens is 212 g/mol. The molecule has 0 bridgehead atoms. The summed E-state index contributed by atoms with van der Waals surface area (Å²) in [6, 6.07) is 0.397. The number of hydrogen-bond acceptors (Lipinski definition) is 3. The largest absolute Gasteiger partial charge is 0.480 e. The van der Waals surface area contributed by atoms with Crippen LogP contribution in [-0.4, -0.2) is 31.7 Å². The van der Waals surface area contributed by atoms with Crippen LogP contribution in [0.25, 0.3) is 0 Å². The Labute approximate surface area is 91.6 Å². The van der Waals surface area contributed by atoms with Gasteiger partial charge in [-0.1, -0.05) is 19.6 Å². The van der Waals surface area contributed by atoms with Gasteiger partial charge in [-0.05, 0) is 19.9 Å². The summed E-state index contributed by atoms with van der Waals surface area (Å²) in [5.74, 6) is -1.72.